The molecule has 0 aliphatic rings. The van der Waals surface area contributed by atoms with Gasteiger partial charge in [0, 0.05) is 4.75 Å². The molecule has 9 heavy (non-hydrogen) atoms. The van der Waals surface area contributed by atoms with Gasteiger partial charge in [-0.05, 0) is 25.8 Å². The normalized spacial score (nSPS) is 16.0. The Morgan fingerprint density at radius 2 is 2.22 bits per heavy atom. The van der Waals surface area contributed by atoms with Crippen LogP contribution in [0.2, 0.25) is 0 Å². The van der Waals surface area contributed by atoms with E-state index < -0.39 is 0 Å². The van der Waals surface area contributed by atoms with Crippen LogP contribution < -0.4 is 0 Å². The molecule has 0 aromatic rings. The minimum atomic E-state index is -0.0122. The first-order valence-corrected chi connectivity index (χ1v) is 3.59. The summed E-state index contributed by atoms with van der Waals surface area (Å²) < 4.78 is -0.0122. The van der Waals surface area contributed by atoms with Crippen LogP contribution in [0.25, 0.3) is 0 Å². The molecule has 0 spiro atoms. The topological polar surface area (TPSA) is 0 Å². The predicted octanol–water partition coefficient (Wildman–Crippen LogP) is 2.82. The summed E-state index contributed by atoms with van der Waals surface area (Å²) in [7, 11) is 0. The van der Waals surface area contributed by atoms with Gasteiger partial charge in [0.15, 0.2) is 0 Å². The molecule has 0 N–H and O–H groups in total. The fraction of sp³-hybridized carbons (Fsp3) is 0.625. The van der Waals surface area contributed by atoms with E-state index in [2.05, 4.69) is 38.8 Å². The van der Waals surface area contributed by atoms with E-state index in [0.717, 1.165) is 12.0 Å². The van der Waals surface area contributed by atoms with E-state index in [1.807, 2.05) is 6.92 Å². The highest BCUT2D eigenvalue weighted by Crippen LogP contribution is 2.25. The van der Waals surface area contributed by atoms with Gasteiger partial charge in [0.25, 0.3) is 0 Å². The number of hydrogen-bond acceptors (Lipinski definition) is 1. The average molecular weight is 142 g/mol. The third-order valence-corrected chi connectivity index (χ3v) is 2.41. The Kier molecular flexibility index (Phi) is 3.10. The van der Waals surface area contributed by atoms with Crippen LogP contribution in [0.1, 0.15) is 27.2 Å². The third kappa shape index (κ3) is 2.30. The molecule has 0 fully saturated rings. The molecule has 1 heteroatoms. The summed E-state index contributed by atoms with van der Waals surface area (Å²) in [6.45, 7) is 9.75. The summed E-state index contributed by atoms with van der Waals surface area (Å²) in [5.74, 6) is 0. The second-order valence-corrected chi connectivity index (χ2v) is 3.42. The minimum absolute atomic E-state index is 0.0122. The zero-order valence-electron chi connectivity index (χ0n) is 6.36. The molecule has 0 aliphatic carbocycles. The highest BCUT2D eigenvalue weighted by molar-refractivity contribution is 7.82. The van der Waals surface area contributed by atoms with Crippen molar-refractivity contribution in [1.29, 1.82) is 0 Å². The van der Waals surface area contributed by atoms with Gasteiger partial charge in [-0.15, -0.1) is 5.73 Å². The zero-order valence-corrected chi connectivity index (χ0v) is 7.26. The maximum Gasteiger partial charge on any atom is 0.0378 e. The Morgan fingerprint density at radius 3 is 2.33 bits per heavy atom. The molecular weight excluding hydrogens is 128 g/mol. The standard InChI is InChI=1S/C8H14S/c1-5-7(3)8(4,9)6-2/h9H,1,6H2,2-4H3. The smallest absolute Gasteiger partial charge is 0.0378 e. The zero-order chi connectivity index (χ0) is 7.49. The van der Waals surface area contributed by atoms with Crippen LogP contribution in [0.5, 0.6) is 0 Å². The van der Waals surface area contributed by atoms with Crippen molar-refractivity contribution in [3.8, 4) is 0 Å². The molecule has 0 bridgehead atoms. The van der Waals surface area contributed by atoms with E-state index in [9.17, 15) is 0 Å². The molecule has 0 saturated carbocycles. The largest absolute Gasteiger partial charge is 0.168 e. The molecule has 0 aromatic heterocycles. The Morgan fingerprint density at radius 1 is 1.78 bits per heavy atom. The SMILES string of the molecule is C=C=C(C)C(C)(S)CC. The van der Waals surface area contributed by atoms with E-state index in [1.54, 1.807) is 0 Å². The van der Waals surface area contributed by atoms with Crippen molar-refractivity contribution >= 4 is 12.6 Å². The molecule has 0 amide bonds. The Hall–Kier alpha value is -0.130. The van der Waals surface area contributed by atoms with Crippen molar-refractivity contribution in [2.45, 2.75) is 31.9 Å². The Balaban J connectivity index is 4.33. The number of hydrogen-bond donors (Lipinski definition) is 1. The van der Waals surface area contributed by atoms with E-state index in [-0.39, 0.29) is 4.75 Å². The fourth-order valence-electron chi connectivity index (χ4n) is 0.456. The van der Waals surface area contributed by atoms with Gasteiger partial charge in [-0.3, -0.25) is 0 Å². The molecule has 0 radical (unpaired) electrons. The fourth-order valence-corrected chi connectivity index (χ4v) is 0.535. The Bertz CT molecular complexity index is 139. The van der Waals surface area contributed by atoms with Gasteiger partial charge in [0.05, 0.1) is 0 Å². The first-order valence-electron chi connectivity index (χ1n) is 3.14. The van der Waals surface area contributed by atoms with Gasteiger partial charge in [-0.2, -0.15) is 12.6 Å². The lowest BCUT2D eigenvalue weighted by Crippen LogP contribution is -2.15. The van der Waals surface area contributed by atoms with Gasteiger partial charge in [0.1, 0.15) is 0 Å². The van der Waals surface area contributed by atoms with Gasteiger partial charge < -0.3 is 0 Å². The van der Waals surface area contributed by atoms with Crippen LogP contribution in [0.15, 0.2) is 17.9 Å². The van der Waals surface area contributed by atoms with Gasteiger partial charge >= 0.3 is 0 Å². The second kappa shape index (κ2) is 3.14. The van der Waals surface area contributed by atoms with Crippen molar-refractivity contribution in [3.05, 3.63) is 17.9 Å². The summed E-state index contributed by atoms with van der Waals surface area (Å²) in [6.07, 6.45) is 1.02. The van der Waals surface area contributed by atoms with E-state index in [4.69, 9.17) is 0 Å². The third-order valence-electron chi connectivity index (χ3n) is 1.76. The molecule has 52 valence electrons. The minimum Gasteiger partial charge on any atom is -0.168 e. The molecule has 0 saturated heterocycles. The summed E-state index contributed by atoms with van der Waals surface area (Å²) in [5.41, 5.74) is 3.97. The van der Waals surface area contributed by atoms with Crippen LogP contribution >= 0.6 is 12.6 Å². The van der Waals surface area contributed by atoms with Gasteiger partial charge in [-0.1, -0.05) is 13.5 Å². The van der Waals surface area contributed by atoms with Crippen LogP contribution in [-0.4, -0.2) is 4.75 Å². The highest BCUT2D eigenvalue weighted by atomic mass is 32.1. The molecule has 0 nitrogen and oxygen atoms in total. The second-order valence-electron chi connectivity index (χ2n) is 2.43. The van der Waals surface area contributed by atoms with Crippen LogP contribution in [0.4, 0.5) is 0 Å². The molecule has 0 aliphatic heterocycles. The first kappa shape index (κ1) is 8.87. The lowest BCUT2D eigenvalue weighted by atomic mass is 10.00. The monoisotopic (exact) mass is 142 g/mol. The Labute approximate surface area is 63.1 Å². The van der Waals surface area contributed by atoms with Crippen molar-refractivity contribution in [2.24, 2.45) is 0 Å². The van der Waals surface area contributed by atoms with Crippen molar-refractivity contribution in [3.63, 3.8) is 0 Å². The van der Waals surface area contributed by atoms with Gasteiger partial charge in [-0.25, -0.2) is 0 Å². The van der Waals surface area contributed by atoms with Crippen LogP contribution in [0, 0.1) is 0 Å². The summed E-state index contributed by atoms with van der Waals surface area (Å²) in [5, 5.41) is 0. The molecule has 0 aromatic carbocycles. The number of rotatable bonds is 2. The maximum absolute atomic E-state index is 4.42. The van der Waals surface area contributed by atoms with Crippen molar-refractivity contribution < 1.29 is 0 Å². The first-order chi connectivity index (χ1) is 4.04. The lowest BCUT2D eigenvalue weighted by molar-refractivity contribution is 0.720. The number of thiol groups is 1. The highest BCUT2D eigenvalue weighted by Gasteiger charge is 2.17. The molecule has 1 atom stereocenters. The molecule has 0 heterocycles. The summed E-state index contributed by atoms with van der Waals surface area (Å²) >= 11 is 4.42. The molecule has 1 unspecified atom stereocenters. The maximum atomic E-state index is 4.42. The molecule has 0 rings (SSSR count). The molecular formula is C8H14S. The van der Waals surface area contributed by atoms with E-state index in [0.29, 0.717) is 0 Å². The quantitative estimate of drug-likeness (QED) is 0.445. The van der Waals surface area contributed by atoms with Crippen LogP contribution in [-0.2, 0) is 0 Å². The van der Waals surface area contributed by atoms with Gasteiger partial charge in [0.2, 0.25) is 0 Å². The average Bonchev–Trinajstić information content (AvgIpc) is 1.86. The van der Waals surface area contributed by atoms with E-state index in [1.165, 1.54) is 0 Å². The predicted molar refractivity (Wildman–Crippen MR) is 46.0 cm³/mol. The lowest BCUT2D eigenvalue weighted by Gasteiger charge is -2.20. The van der Waals surface area contributed by atoms with Crippen molar-refractivity contribution in [2.75, 3.05) is 0 Å². The van der Waals surface area contributed by atoms with E-state index >= 15 is 0 Å². The summed E-state index contributed by atoms with van der Waals surface area (Å²) in [6, 6.07) is 0. The van der Waals surface area contributed by atoms with Crippen LogP contribution in [0.3, 0.4) is 0 Å². The van der Waals surface area contributed by atoms with Crippen molar-refractivity contribution in [1.82, 2.24) is 0 Å². The summed E-state index contributed by atoms with van der Waals surface area (Å²) in [4.78, 5) is 0.